The number of nitrogens with zero attached hydrogens (tertiary/aromatic N) is 1. The number of aryl methyl sites for hydroxylation is 2. The van der Waals surface area contributed by atoms with Gasteiger partial charge in [-0.15, -0.1) is 0 Å². The molecule has 0 radical (unpaired) electrons. The number of rotatable bonds is 0. The van der Waals surface area contributed by atoms with Crippen LogP contribution in [0.15, 0.2) is 53.5 Å². The van der Waals surface area contributed by atoms with Gasteiger partial charge in [0.05, 0.1) is 24.6 Å². The molecule has 0 unspecified atom stereocenters. The summed E-state index contributed by atoms with van der Waals surface area (Å²) in [6.07, 6.45) is 0. The summed E-state index contributed by atoms with van der Waals surface area (Å²) in [6, 6.07) is 16.3. The Hall–Kier alpha value is -2.33. The number of amidine groups is 1. The summed E-state index contributed by atoms with van der Waals surface area (Å²) in [4.78, 5) is 4.37. The van der Waals surface area contributed by atoms with Gasteiger partial charge in [0.15, 0.2) is 0 Å². The van der Waals surface area contributed by atoms with Crippen LogP contribution in [0.3, 0.4) is 0 Å². The fourth-order valence-corrected chi connectivity index (χ4v) is 2.57. The van der Waals surface area contributed by atoms with Crippen LogP contribution in [-0.4, -0.2) is 24.6 Å². The number of benzene rings is 2. The smallest absolute Gasteiger partial charge is 0.142 e. The van der Waals surface area contributed by atoms with Gasteiger partial charge in [-0.3, -0.25) is 0 Å². The normalized spacial score (nSPS) is 17.3. The molecule has 2 aromatic carbocycles. The molecule has 3 N–H and O–H groups in total. The zero-order chi connectivity index (χ0) is 15.6. The molecule has 0 atom stereocenters. The molecule has 2 heterocycles. The average Bonchev–Trinajstić information content (AvgIpc) is 2.45. The van der Waals surface area contributed by atoms with Crippen molar-refractivity contribution in [3.8, 4) is 0 Å². The monoisotopic (exact) mass is 295 g/mol. The summed E-state index contributed by atoms with van der Waals surface area (Å²) >= 11 is 0. The van der Waals surface area contributed by atoms with E-state index in [0.29, 0.717) is 19.0 Å². The minimum absolute atomic E-state index is 0.242. The summed E-state index contributed by atoms with van der Waals surface area (Å²) in [5.74, 6) is 0.627. The number of para-hydroxylation sites is 2. The SMILES string of the molecule is Cc1cccc(C)c1.NC1=Nc2ccccc2NC12COC2. The third-order valence-corrected chi connectivity index (χ3v) is 3.88. The van der Waals surface area contributed by atoms with Crippen LogP contribution in [0.1, 0.15) is 11.1 Å². The topological polar surface area (TPSA) is 59.6 Å². The highest BCUT2D eigenvalue weighted by atomic mass is 16.5. The highest BCUT2D eigenvalue weighted by molar-refractivity contribution is 6.00. The first-order chi connectivity index (χ1) is 10.6. The minimum Gasteiger partial charge on any atom is -0.385 e. The molecule has 1 spiro atoms. The standard InChI is InChI=1S/C10H11N3O.C8H10/c11-9-10(5-14-6-10)13-8-4-2-1-3-7(8)12-9;1-7-4-3-5-8(2)6-7/h1-4,13H,5-6H2,(H2,11,12);3-6H,1-2H3. The van der Waals surface area contributed by atoms with Gasteiger partial charge in [-0.25, -0.2) is 4.99 Å². The van der Waals surface area contributed by atoms with Crippen LogP contribution in [-0.2, 0) is 4.74 Å². The number of hydrogen-bond donors (Lipinski definition) is 2. The predicted molar refractivity (Wildman–Crippen MR) is 90.8 cm³/mol. The Bertz CT molecular complexity index is 688. The summed E-state index contributed by atoms with van der Waals surface area (Å²) < 4.78 is 5.18. The highest BCUT2D eigenvalue weighted by Gasteiger charge is 2.44. The van der Waals surface area contributed by atoms with E-state index in [4.69, 9.17) is 10.5 Å². The Kier molecular flexibility index (Phi) is 3.86. The van der Waals surface area contributed by atoms with E-state index < -0.39 is 0 Å². The zero-order valence-corrected chi connectivity index (χ0v) is 13.0. The van der Waals surface area contributed by atoms with Gasteiger partial charge in [0.1, 0.15) is 11.4 Å². The number of nitrogens with one attached hydrogen (secondary N) is 1. The maximum absolute atomic E-state index is 5.90. The molecule has 0 amide bonds. The molecular formula is C18H21N3O. The fraction of sp³-hybridized carbons (Fsp3) is 0.278. The van der Waals surface area contributed by atoms with Crippen molar-refractivity contribution in [2.24, 2.45) is 10.7 Å². The van der Waals surface area contributed by atoms with Gasteiger partial charge in [0.25, 0.3) is 0 Å². The quantitative estimate of drug-likeness (QED) is 0.785. The third-order valence-electron chi connectivity index (χ3n) is 3.88. The van der Waals surface area contributed by atoms with E-state index in [9.17, 15) is 0 Å². The van der Waals surface area contributed by atoms with E-state index >= 15 is 0 Å². The molecule has 4 nitrogen and oxygen atoms in total. The zero-order valence-electron chi connectivity index (χ0n) is 13.0. The second kappa shape index (κ2) is 5.81. The number of anilines is 1. The second-order valence-corrected chi connectivity index (χ2v) is 5.87. The molecule has 1 saturated heterocycles. The molecule has 0 aliphatic carbocycles. The van der Waals surface area contributed by atoms with Crippen molar-refractivity contribution in [3.63, 3.8) is 0 Å². The Morgan fingerprint density at radius 3 is 2.27 bits per heavy atom. The van der Waals surface area contributed by atoms with Gasteiger partial charge in [0, 0.05) is 0 Å². The maximum atomic E-state index is 5.90. The molecule has 22 heavy (non-hydrogen) atoms. The van der Waals surface area contributed by atoms with Crippen molar-refractivity contribution in [2.45, 2.75) is 19.4 Å². The highest BCUT2D eigenvalue weighted by Crippen LogP contribution is 2.35. The van der Waals surface area contributed by atoms with Crippen molar-refractivity contribution in [1.29, 1.82) is 0 Å². The van der Waals surface area contributed by atoms with Crippen molar-refractivity contribution in [1.82, 2.24) is 0 Å². The van der Waals surface area contributed by atoms with Crippen molar-refractivity contribution < 1.29 is 4.74 Å². The first-order valence-electron chi connectivity index (χ1n) is 7.42. The molecule has 0 bridgehead atoms. The molecule has 4 rings (SSSR count). The molecule has 2 aliphatic rings. The van der Waals surface area contributed by atoms with Crippen LogP contribution in [0.2, 0.25) is 0 Å². The maximum Gasteiger partial charge on any atom is 0.142 e. The molecule has 0 saturated carbocycles. The summed E-state index contributed by atoms with van der Waals surface area (Å²) in [7, 11) is 0. The summed E-state index contributed by atoms with van der Waals surface area (Å²) in [6.45, 7) is 5.42. The van der Waals surface area contributed by atoms with Crippen LogP contribution < -0.4 is 11.1 Å². The molecule has 2 aromatic rings. The third kappa shape index (κ3) is 2.83. The second-order valence-electron chi connectivity index (χ2n) is 5.87. The van der Waals surface area contributed by atoms with Crippen LogP contribution in [0.5, 0.6) is 0 Å². The lowest BCUT2D eigenvalue weighted by molar-refractivity contribution is -0.00812. The number of nitrogens with two attached hydrogens (primary N) is 1. The molecule has 4 heteroatoms. The lowest BCUT2D eigenvalue weighted by Crippen LogP contribution is -2.65. The van der Waals surface area contributed by atoms with E-state index in [2.05, 4.69) is 48.4 Å². The number of fused-ring (bicyclic) bond motifs is 1. The van der Waals surface area contributed by atoms with Gasteiger partial charge < -0.3 is 15.8 Å². The van der Waals surface area contributed by atoms with Crippen LogP contribution in [0.25, 0.3) is 0 Å². The minimum atomic E-state index is -0.242. The molecule has 2 aliphatic heterocycles. The molecule has 1 fully saturated rings. The van der Waals surface area contributed by atoms with Gasteiger partial charge in [0.2, 0.25) is 0 Å². The van der Waals surface area contributed by atoms with E-state index in [-0.39, 0.29) is 5.54 Å². The molecular weight excluding hydrogens is 274 g/mol. The Labute approximate surface area is 131 Å². The lowest BCUT2D eigenvalue weighted by atomic mass is 9.93. The van der Waals surface area contributed by atoms with E-state index in [0.717, 1.165) is 11.4 Å². The first kappa shape index (κ1) is 14.6. The predicted octanol–water partition coefficient (Wildman–Crippen LogP) is 3.17. The molecule has 0 aromatic heterocycles. The van der Waals surface area contributed by atoms with Crippen LogP contribution >= 0.6 is 0 Å². The van der Waals surface area contributed by atoms with E-state index in [1.54, 1.807) is 0 Å². The number of ether oxygens (including phenoxy) is 1. The Balaban J connectivity index is 0.000000154. The van der Waals surface area contributed by atoms with Gasteiger partial charge in [-0.1, -0.05) is 47.5 Å². The van der Waals surface area contributed by atoms with Crippen LogP contribution in [0, 0.1) is 13.8 Å². The molecule has 114 valence electrons. The largest absolute Gasteiger partial charge is 0.385 e. The lowest BCUT2D eigenvalue weighted by Gasteiger charge is -2.44. The van der Waals surface area contributed by atoms with Crippen LogP contribution in [0.4, 0.5) is 11.4 Å². The van der Waals surface area contributed by atoms with Gasteiger partial charge in [-0.05, 0) is 26.0 Å². The average molecular weight is 295 g/mol. The van der Waals surface area contributed by atoms with Crippen molar-refractivity contribution in [3.05, 3.63) is 59.7 Å². The van der Waals surface area contributed by atoms with E-state index in [1.807, 2.05) is 24.3 Å². The fourth-order valence-electron chi connectivity index (χ4n) is 2.57. The number of aliphatic imine (C=N–C) groups is 1. The van der Waals surface area contributed by atoms with Gasteiger partial charge in [-0.2, -0.15) is 0 Å². The first-order valence-corrected chi connectivity index (χ1v) is 7.42. The van der Waals surface area contributed by atoms with E-state index in [1.165, 1.54) is 11.1 Å². The Morgan fingerprint density at radius 1 is 1.05 bits per heavy atom. The van der Waals surface area contributed by atoms with Crippen molar-refractivity contribution in [2.75, 3.05) is 18.5 Å². The van der Waals surface area contributed by atoms with Gasteiger partial charge >= 0.3 is 0 Å². The summed E-state index contributed by atoms with van der Waals surface area (Å²) in [5.41, 5.74) is 10.3. The Morgan fingerprint density at radius 2 is 1.73 bits per heavy atom. The summed E-state index contributed by atoms with van der Waals surface area (Å²) in [5, 5.41) is 3.38. The number of hydrogen-bond acceptors (Lipinski definition) is 4. The van der Waals surface area contributed by atoms with Crippen molar-refractivity contribution >= 4 is 17.2 Å².